The lowest BCUT2D eigenvalue weighted by Gasteiger charge is -2.05. The van der Waals surface area contributed by atoms with E-state index in [0.29, 0.717) is 5.56 Å². The maximum absolute atomic E-state index is 11.6. The Bertz CT molecular complexity index is 632. The van der Waals surface area contributed by atoms with E-state index in [1.807, 2.05) is 5.43 Å². The average molecular weight is 312 g/mol. The summed E-state index contributed by atoms with van der Waals surface area (Å²) in [4.78, 5) is 23.0. The predicted molar refractivity (Wildman–Crippen MR) is 67.9 cm³/mol. The summed E-state index contributed by atoms with van der Waals surface area (Å²) >= 11 is 3.28. The van der Waals surface area contributed by atoms with Gasteiger partial charge in [-0.15, -0.1) is 0 Å². The summed E-state index contributed by atoms with van der Waals surface area (Å²) in [6.45, 7) is 0.234. The second-order valence-electron chi connectivity index (χ2n) is 3.56. The predicted octanol–water partition coefficient (Wildman–Crippen LogP) is 0.856. The number of carbonyl (C=O) groups is 1. The molecule has 0 aliphatic heterocycles. The van der Waals surface area contributed by atoms with Crippen LogP contribution in [0.2, 0.25) is 0 Å². The highest BCUT2D eigenvalue weighted by Crippen LogP contribution is 2.12. The van der Waals surface area contributed by atoms with Gasteiger partial charge in [0, 0.05) is 22.3 Å². The Morgan fingerprint density at radius 1 is 1.44 bits per heavy atom. The number of nitrogens with zero attached hydrogens (tertiary/aromatic N) is 1. The first-order valence-corrected chi connectivity index (χ1v) is 5.84. The summed E-state index contributed by atoms with van der Waals surface area (Å²) in [7, 11) is 0. The minimum atomic E-state index is -0.530. The summed E-state index contributed by atoms with van der Waals surface area (Å²) in [6, 6.07) is 4.71. The molecule has 0 spiro atoms. The first-order valence-electron chi connectivity index (χ1n) is 5.05. The van der Waals surface area contributed by atoms with Crippen LogP contribution >= 0.6 is 15.9 Å². The number of aromatic nitrogens is 1. The van der Waals surface area contributed by atoms with Crippen molar-refractivity contribution in [1.82, 2.24) is 9.99 Å². The van der Waals surface area contributed by atoms with Crippen molar-refractivity contribution in [3.63, 3.8) is 0 Å². The highest BCUT2D eigenvalue weighted by molar-refractivity contribution is 9.10. The van der Waals surface area contributed by atoms with Crippen LogP contribution < -0.4 is 16.8 Å². The lowest BCUT2D eigenvalue weighted by atomic mass is 10.2. The van der Waals surface area contributed by atoms with E-state index in [0.717, 1.165) is 4.47 Å². The quantitative estimate of drug-likeness (QED) is 0.499. The second-order valence-corrected chi connectivity index (χ2v) is 4.48. The summed E-state index contributed by atoms with van der Waals surface area (Å²) in [5, 5.41) is 0. The molecule has 0 saturated carbocycles. The average Bonchev–Trinajstić information content (AvgIpc) is 2.81. The Morgan fingerprint density at radius 3 is 2.94 bits per heavy atom. The van der Waals surface area contributed by atoms with Crippen molar-refractivity contribution in [2.45, 2.75) is 6.54 Å². The fourth-order valence-corrected chi connectivity index (χ4v) is 1.91. The monoisotopic (exact) mass is 311 g/mol. The van der Waals surface area contributed by atoms with Crippen molar-refractivity contribution in [3.8, 4) is 0 Å². The molecule has 0 unspecified atom stereocenters. The molecule has 1 amide bonds. The number of halogens is 1. The largest absolute Gasteiger partial charge is 0.459 e. The normalized spacial score (nSPS) is 10.3. The van der Waals surface area contributed by atoms with Gasteiger partial charge in [0.05, 0.1) is 12.8 Å². The van der Waals surface area contributed by atoms with Crippen molar-refractivity contribution in [2.24, 2.45) is 5.84 Å². The van der Waals surface area contributed by atoms with Crippen molar-refractivity contribution in [1.29, 1.82) is 0 Å². The van der Waals surface area contributed by atoms with Crippen LogP contribution in [-0.2, 0) is 6.54 Å². The number of hydrogen-bond donors (Lipinski definition) is 2. The number of nitrogens with two attached hydrogens (primary N) is 1. The molecule has 0 aliphatic carbocycles. The molecule has 3 N–H and O–H groups in total. The van der Waals surface area contributed by atoms with Gasteiger partial charge in [-0.3, -0.25) is 15.0 Å². The summed E-state index contributed by atoms with van der Waals surface area (Å²) in [5.74, 6) is 4.62. The van der Waals surface area contributed by atoms with Crippen LogP contribution in [0.5, 0.6) is 0 Å². The molecule has 0 saturated heterocycles. The van der Waals surface area contributed by atoms with E-state index in [-0.39, 0.29) is 17.9 Å². The Hall–Kier alpha value is -1.86. The minimum absolute atomic E-state index is 0.101. The molecule has 2 heterocycles. The lowest BCUT2D eigenvalue weighted by Crippen LogP contribution is -2.30. The van der Waals surface area contributed by atoms with Crippen molar-refractivity contribution in [2.75, 3.05) is 0 Å². The van der Waals surface area contributed by atoms with E-state index < -0.39 is 5.91 Å². The number of nitrogens with one attached hydrogen (secondary N) is 1. The van der Waals surface area contributed by atoms with Crippen LogP contribution in [0.15, 0.2) is 44.3 Å². The lowest BCUT2D eigenvalue weighted by molar-refractivity contribution is 0.0924. The molecule has 0 aromatic carbocycles. The fraction of sp³-hybridized carbons (Fsp3) is 0.0909. The summed E-state index contributed by atoms with van der Waals surface area (Å²) in [6.07, 6.45) is 3.02. The molecular formula is C11H10BrN3O3. The number of nitrogen functional groups attached to an aromatic ring is 1. The second kappa shape index (κ2) is 5.19. The van der Waals surface area contributed by atoms with E-state index in [1.54, 1.807) is 18.3 Å². The van der Waals surface area contributed by atoms with E-state index in [4.69, 9.17) is 10.3 Å². The van der Waals surface area contributed by atoms with Gasteiger partial charge in [-0.1, -0.05) is 0 Å². The van der Waals surface area contributed by atoms with Gasteiger partial charge in [0.15, 0.2) is 5.76 Å². The molecule has 7 heteroatoms. The first kappa shape index (κ1) is 12.6. The van der Waals surface area contributed by atoms with Gasteiger partial charge in [0.2, 0.25) is 0 Å². The standard InChI is InChI=1S/C11H10BrN3O3/c12-8-1-2-9(16)15(6-8)5-7-3-4-18-10(7)11(17)14-13/h1-4,6H,5,13H2,(H,14,17). The Labute approximate surface area is 110 Å². The summed E-state index contributed by atoms with van der Waals surface area (Å²) in [5.41, 5.74) is 2.40. The molecule has 2 rings (SSSR count). The highest BCUT2D eigenvalue weighted by atomic mass is 79.9. The smallest absolute Gasteiger partial charge is 0.301 e. The SMILES string of the molecule is NNC(=O)c1occc1Cn1cc(Br)ccc1=O. The molecule has 0 radical (unpaired) electrons. The van der Waals surface area contributed by atoms with Crippen LogP contribution in [-0.4, -0.2) is 10.5 Å². The fourth-order valence-electron chi connectivity index (χ4n) is 1.53. The topological polar surface area (TPSA) is 90.3 Å². The number of hydrazine groups is 1. The van der Waals surface area contributed by atoms with Crippen LogP contribution in [0.3, 0.4) is 0 Å². The number of pyridine rings is 1. The molecule has 0 aliphatic rings. The van der Waals surface area contributed by atoms with Crippen LogP contribution in [0.25, 0.3) is 0 Å². The molecule has 18 heavy (non-hydrogen) atoms. The molecule has 2 aromatic rings. The number of rotatable bonds is 3. The molecule has 6 nitrogen and oxygen atoms in total. The molecule has 0 atom stereocenters. The van der Waals surface area contributed by atoms with Crippen LogP contribution in [0.1, 0.15) is 16.1 Å². The van der Waals surface area contributed by atoms with Crippen molar-refractivity contribution < 1.29 is 9.21 Å². The van der Waals surface area contributed by atoms with Gasteiger partial charge >= 0.3 is 5.91 Å². The molecule has 94 valence electrons. The third-order valence-corrected chi connectivity index (χ3v) is 2.84. The van der Waals surface area contributed by atoms with E-state index in [1.165, 1.54) is 16.9 Å². The Kier molecular flexibility index (Phi) is 3.63. The van der Waals surface area contributed by atoms with Gasteiger partial charge in [-0.25, -0.2) is 5.84 Å². The summed E-state index contributed by atoms with van der Waals surface area (Å²) < 4.78 is 7.27. The van der Waals surface area contributed by atoms with Gasteiger partial charge in [-0.05, 0) is 28.1 Å². The zero-order valence-electron chi connectivity index (χ0n) is 9.22. The van der Waals surface area contributed by atoms with Crippen LogP contribution in [0.4, 0.5) is 0 Å². The zero-order valence-corrected chi connectivity index (χ0v) is 10.8. The number of carbonyl (C=O) groups excluding carboxylic acids is 1. The van der Waals surface area contributed by atoms with Gasteiger partial charge in [0.25, 0.3) is 5.56 Å². The van der Waals surface area contributed by atoms with Gasteiger partial charge < -0.3 is 8.98 Å². The zero-order chi connectivity index (χ0) is 13.1. The number of furan rings is 1. The third-order valence-electron chi connectivity index (χ3n) is 2.37. The van der Waals surface area contributed by atoms with Gasteiger partial charge in [-0.2, -0.15) is 0 Å². The Morgan fingerprint density at radius 2 is 2.22 bits per heavy atom. The Balaban J connectivity index is 2.35. The van der Waals surface area contributed by atoms with Crippen molar-refractivity contribution >= 4 is 21.8 Å². The molecule has 0 bridgehead atoms. The number of amides is 1. The van der Waals surface area contributed by atoms with Gasteiger partial charge in [0.1, 0.15) is 0 Å². The van der Waals surface area contributed by atoms with E-state index in [9.17, 15) is 9.59 Å². The maximum atomic E-state index is 11.6. The first-order chi connectivity index (χ1) is 8.61. The highest BCUT2D eigenvalue weighted by Gasteiger charge is 2.14. The minimum Gasteiger partial charge on any atom is -0.459 e. The van der Waals surface area contributed by atoms with Crippen molar-refractivity contribution in [3.05, 3.63) is 56.8 Å². The number of hydrogen-bond acceptors (Lipinski definition) is 4. The third kappa shape index (κ3) is 2.52. The maximum Gasteiger partial charge on any atom is 0.301 e. The van der Waals surface area contributed by atoms with Crippen LogP contribution in [0, 0.1) is 0 Å². The molecular weight excluding hydrogens is 302 g/mol. The van der Waals surface area contributed by atoms with E-state index >= 15 is 0 Å². The molecule has 0 fully saturated rings. The molecule has 2 aromatic heterocycles. The van der Waals surface area contributed by atoms with E-state index in [2.05, 4.69) is 15.9 Å².